The van der Waals surface area contributed by atoms with E-state index in [1.54, 1.807) is 19.2 Å². The molecule has 1 heterocycles. The number of nitrogens with zero attached hydrogens (tertiary/aromatic N) is 1. The number of rotatable bonds is 6. The molecule has 23 heavy (non-hydrogen) atoms. The van der Waals surface area contributed by atoms with Crippen LogP contribution < -0.4 is 10.1 Å². The van der Waals surface area contributed by atoms with Crippen LogP contribution in [0.15, 0.2) is 24.3 Å². The Balaban J connectivity index is 1.75. The number of nitrogens with one attached hydrogen (secondary N) is 1. The van der Waals surface area contributed by atoms with Crippen LogP contribution in [0, 0.1) is 5.92 Å². The van der Waals surface area contributed by atoms with Crippen LogP contribution in [0.5, 0.6) is 5.75 Å². The highest BCUT2D eigenvalue weighted by Crippen LogP contribution is 2.19. The molecule has 0 saturated carbocycles. The quantitative estimate of drug-likeness (QED) is 0.811. The standard InChI is InChI=1S/C17H24N2O4/c1-3-23-17(21)13-8-10-19(11-9-13)12-16(20)18-14-4-6-15(22-2)7-5-14/h4-7,13H,3,8-12H2,1-2H3,(H,18,20). The van der Waals surface area contributed by atoms with Gasteiger partial charge in [-0.1, -0.05) is 0 Å². The molecule has 1 aliphatic heterocycles. The molecule has 1 fully saturated rings. The number of piperidine rings is 1. The summed E-state index contributed by atoms with van der Waals surface area (Å²) in [5.41, 5.74) is 0.747. The Bertz CT molecular complexity index is 522. The van der Waals surface area contributed by atoms with Crippen LogP contribution in [0.4, 0.5) is 5.69 Å². The monoisotopic (exact) mass is 320 g/mol. The van der Waals surface area contributed by atoms with Crippen molar-refractivity contribution in [1.82, 2.24) is 4.90 Å². The maximum absolute atomic E-state index is 12.1. The summed E-state index contributed by atoms with van der Waals surface area (Å²) in [7, 11) is 1.60. The summed E-state index contributed by atoms with van der Waals surface area (Å²) in [4.78, 5) is 25.8. The van der Waals surface area contributed by atoms with Crippen LogP contribution >= 0.6 is 0 Å². The van der Waals surface area contributed by atoms with E-state index in [4.69, 9.17) is 9.47 Å². The van der Waals surface area contributed by atoms with E-state index in [0.29, 0.717) is 13.2 Å². The van der Waals surface area contributed by atoms with Crippen LogP contribution in [-0.4, -0.2) is 50.1 Å². The Kier molecular flexibility index (Phi) is 6.40. The van der Waals surface area contributed by atoms with E-state index in [1.807, 2.05) is 19.1 Å². The van der Waals surface area contributed by atoms with Gasteiger partial charge in [-0.3, -0.25) is 14.5 Å². The molecule has 0 spiro atoms. The number of carbonyl (C=O) groups excluding carboxylic acids is 2. The van der Waals surface area contributed by atoms with Crippen molar-refractivity contribution in [1.29, 1.82) is 0 Å². The molecule has 0 radical (unpaired) electrons. The van der Waals surface area contributed by atoms with Crippen molar-refractivity contribution in [2.45, 2.75) is 19.8 Å². The lowest BCUT2D eigenvalue weighted by molar-refractivity contribution is -0.149. The Morgan fingerprint density at radius 2 is 1.87 bits per heavy atom. The van der Waals surface area contributed by atoms with Crippen molar-refractivity contribution in [2.75, 3.05) is 38.7 Å². The molecule has 1 saturated heterocycles. The predicted octanol–water partition coefficient (Wildman–Crippen LogP) is 1.91. The molecule has 1 aromatic carbocycles. The Morgan fingerprint density at radius 1 is 1.22 bits per heavy atom. The number of hydrogen-bond donors (Lipinski definition) is 1. The number of anilines is 1. The Labute approximate surface area is 136 Å². The molecule has 0 bridgehead atoms. The minimum atomic E-state index is -0.116. The highest BCUT2D eigenvalue weighted by molar-refractivity contribution is 5.92. The van der Waals surface area contributed by atoms with E-state index in [0.717, 1.165) is 37.4 Å². The van der Waals surface area contributed by atoms with Gasteiger partial charge in [-0.2, -0.15) is 0 Å². The first kappa shape index (κ1) is 17.3. The summed E-state index contributed by atoms with van der Waals surface area (Å²) in [6, 6.07) is 7.23. The third-order valence-corrected chi connectivity index (χ3v) is 3.95. The number of benzene rings is 1. The fourth-order valence-corrected chi connectivity index (χ4v) is 2.66. The molecule has 0 unspecified atom stereocenters. The van der Waals surface area contributed by atoms with Crippen LogP contribution in [-0.2, 0) is 14.3 Å². The number of hydrogen-bond acceptors (Lipinski definition) is 5. The van der Waals surface area contributed by atoms with E-state index >= 15 is 0 Å². The highest BCUT2D eigenvalue weighted by Gasteiger charge is 2.26. The average Bonchev–Trinajstić information content (AvgIpc) is 2.56. The Morgan fingerprint density at radius 3 is 2.43 bits per heavy atom. The third kappa shape index (κ3) is 5.25. The highest BCUT2D eigenvalue weighted by atomic mass is 16.5. The SMILES string of the molecule is CCOC(=O)C1CCN(CC(=O)Nc2ccc(OC)cc2)CC1. The van der Waals surface area contributed by atoms with Crippen molar-refractivity contribution < 1.29 is 19.1 Å². The second-order valence-electron chi connectivity index (χ2n) is 5.58. The molecule has 1 aromatic rings. The van der Waals surface area contributed by atoms with E-state index in [2.05, 4.69) is 10.2 Å². The molecule has 0 aliphatic carbocycles. The first-order chi connectivity index (χ1) is 11.1. The van der Waals surface area contributed by atoms with Crippen molar-refractivity contribution in [3.05, 3.63) is 24.3 Å². The van der Waals surface area contributed by atoms with Gasteiger partial charge in [0.25, 0.3) is 0 Å². The van der Waals surface area contributed by atoms with Gasteiger partial charge in [0, 0.05) is 5.69 Å². The topological polar surface area (TPSA) is 67.9 Å². The van der Waals surface area contributed by atoms with Crippen LogP contribution in [0.3, 0.4) is 0 Å². The second-order valence-corrected chi connectivity index (χ2v) is 5.58. The first-order valence-electron chi connectivity index (χ1n) is 7.95. The summed E-state index contributed by atoms with van der Waals surface area (Å²) >= 11 is 0. The number of esters is 1. The molecule has 1 amide bonds. The molecule has 2 rings (SSSR count). The van der Waals surface area contributed by atoms with Gasteiger partial charge in [-0.15, -0.1) is 0 Å². The maximum Gasteiger partial charge on any atom is 0.309 e. The number of likely N-dealkylation sites (tertiary alicyclic amines) is 1. The lowest BCUT2D eigenvalue weighted by Crippen LogP contribution is -2.41. The number of amides is 1. The van der Waals surface area contributed by atoms with E-state index in [-0.39, 0.29) is 17.8 Å². The van der Waals surface area contributed by atoms with Gasteiger partial charge < -0.3 is 14.8 Å². The van der Waals surface area contributed by atoms with E-state index in [1.165, 1.54) is 0 Å². The summed E-state index contributed by atoms with van der Waals surface area (Å²) < 4.78 is 10.1. The zero-order valence-electron chi connectivity index (χ0n) is 13.7. The second kappa shape index (κ2) is 8.53. The first-order valence-corrected chi connectivity index (χ1v) is 7.95. The van der Waals surface area contributed by atoms with Crippen LogP contribution in [0.1, 0.15) is 19.8 Å². The fraction of sp³-hybridized carbons (Fsp3) is 0.529. The van der Waals surface area contributed by atoms with Gasteiger partial charge >= 0.3 is 5.97 Å². The summed E-state index contributed by atoms with van der Waals surface area (Å²) in [6.07, 6.45) is 1.49. The molecule has 0 atom stereocenters. The number of carbonyl (C=O) groups is 2. The maximum atomic E-state index is 12.1. The molecule has 1 aliphatic rings. The average molecular weight is 320 g/mol. The van der Waals surface area contributed by atoms with E-state index < -0.39 is 0 Å². The van der Waals surface area contributed by atoms with Gasteiger partial charge in [-0.25, -0.2) is 0 Å². The lowest BCUT2D eigenvalue weighted by atomic mass is 9.97. The molecular formula is C17H24N2O4. The van der Waals surface area contributed by atoms with Crippen LogP contribution in [0.25, 0.3) is 0 Å². The number of methoxy groups -OCH3 is 1. The molecule has 126 valence electrons. The zero-order chi connectivity index (χ0) is 16.7. The number of ether oxygens (including phenoxy) is 2. The minimum absolute atomic E-state index is 0.0316. The van der Waals surface area contributed by atoms with Gasteiger partial charge in [0.05, 0.1) is 26.2 Å². The molecule has 0 aromatic heterocycles. The van der Waals surface area contributed by atoms with Crippen molar-refractivity contribution >= 4 is 17.6 Å². The largest absolute Gasteiger partial charge is 0.497 e. The third-order valence-electron chi connectivity index (χ3n) is 3.95. The van der Waals surface area contributed by atoms with Crippen molar-refractivity contribution in [2.24, 2.45) is 5.92 Å². The zero-order valence-corrected chi connectivity index (χ0v) is 13.7. The normalized spacial score (nSPS) is 15.9. The summed E-state index contributed by atoms with van der Waals surface area (Å²) in [5, 5.41) is 2.87. The predicted molar refractivity (Wildman–Crippen MR) is 87.4 cm³/mol. The summed E-state index contributed by atoms with van der Waals surface area (Å²) in [5.74, 6) is 0.555. The van der Waals surface area contributed by atoms with E-state index in [9.17, 15) is 9.59 Å². The van der Waals surface area contributed by atoms with Crippen molar-refractivity contribution in [3.8, 4) is 5.75 Å². The van der Waals surface area contributed by atoms with Crippen molar-refractivity contribution in [3.63, 3.8) is 0 Å². The lowest BCUT2D eigenvalue weighted by Gasteiger charge is -2.30. The van der Waals surface area contributed by atoms with Gasteiger partial charge in [0.15, 0.2) is 0 Å². The molecule has 1 N–H and O–H groups in total. The minimum Gasteiger partial charge on any atom is -0.497 e. The van der Waals surface area contributed by atoms with Gasteiger partial charge in [0.2, 0.25) is 5.91 Å². The molecule has 6 heteroatoms. The van der Waals surface area contributed by atoms with Gasteiger partial charge in [-0.05, 0) is 57.1 Å². The van der Waals surface area contributed by atoms with Gasteiger partial charge in [0.1, 0.15) is 5.75 Å². The smallest absolute Gasteiger partial charge is 0.309 e. The molecular weight excluding hydrogens is 296 g/mol. The van der Waals surface area contributed by atoms with Crippen LogP contribution in [0.2, 0.25) is 0 Å². The Hall–Kier alpha value is -2.08. The molecule has 6 nitrogen and oxygen atoms in total. The summed E-state index contributed by atoms with van der Waals surface area (Å²) in [6.45, 7) is 4.04. The fourth-order valence-electron chi connectivity index (χ4n) is 2.66.